The van der Waals surface area contributed by atoms with Gasteiger partial charge >= 0.3 is 6.09 Å². The van der Waals surface area contributed by atoms with Crippen molar-refractivity contribution in [1.29, 1.82) is 0 Å². The van der Waals surface area contributed by atoms with Crippen molar-refractivity contribution in [3.63, 3.8) is 0 Å². The minimum Gasteiger partial charge on any atom is -0.444 e. The van der Waals surface area contributed by atoms with E-state index in [-0.39, 0.29) is 0 Å². The number of pyridine rings is 1. The average molecular weight is 427 g/mol. The van der Waals surface area contributed by atoms with Crippen LogP contribution in [0.1, 0.15) is 37.3 Å². The number of thiazole rings is 1. The first-order valence-electron chi connectivity index (χ1n) is 9.69. The molecular weight excluding hydrogens is 400 g/mol. The van der Waals surface area contributed by atoms with Crippen LogP contribution in [0.25, 0.3) is 10.4 Å². The van der Waals surface area contributed by atoms with Crippen LogP contribution in [0.5, 0.6) is 0 Å². The maximum Gasteiger partial charge on any atom is 0.407 e. The van der Waals surface area contributed by atoms with Crippen LogP contribution >= 0.6 is 11.3 Å². The SMILES string of the molecule is Cc1nc(Cc2ncc(-c3ccncc3)s2)cc(NCCNC(=O)OC(C)(C)C)n1. The zero-order chi connectivity index (χ0) is 21.6. The van der Waals surface area contributed by atoms with Gasteiger partial charge in [-0.15, -0.1) is 11.3 Å². The van der Waals surface area contributed by atoms with Crippen molar-refractivity contribution >= 4 is 23.2 Å². The number of hydrogen-bond donors (Lipinski definition) is 2. The van der Waals surface area contributed by atoms with Gasteiger partial charge in [0.05, 0.1) is 15.6 Å². The molecule has 0 radical (unpaired) electrons. The Morgan fingerprint density at radius 2 is 1.93 bits per heavy atom. The van der Waals surface area contributed by atoms with Gasteiger partial charge in [0.2, 0.25) is 0 Å². The highest BCUT2D eigenvalue weighted by Crippen LogP contribution is 2.26. The molecule has 0 aliphatic carbocycles. The number of amides is 1. The van der Waals surface area contributed by atoms with Crippen LogP contribution in [0.3, 0.4) is 0 Å². The predicted octanol–water partition coefficient (Wildman–Crippen LogP) is 3.83. The molecule has 3 aromatic rings. The van der Waals surface area contributed by atoms with Gasteiger partial charge in [0.15, 0.2) is 0 Å². The minimum absolute atomic E-state index is 0.426. The average Bonchev–Trinajstić information content (AvgIpc) is 3.13. The molecule has 0 saturated carbocycles. The number of carbonyl (C=O) groups is 1. The van der Waals surface area contributed by atoms with Gasteiger partial charge in [-0.25, -0.2) is 19.7 Å². The maximum atomic E-state index is 11.7. The molecule has 30 heavy (non-hydrogen) atoms. The van der Waals surface area contributed by atoms with Crippen molar-refractivity contribution in [2.24, 2.45) is 0 Å². The number of anilines is 1. The second-order valence-electron chi connectivity index (χ2n) is 7.68. The third-order valence-electron chi connectivity index (χ3n) is 3.84. The van der Waals surface area contributed by atoms with Crippen LogP contribution < -0.4 is 10.6 Å². The van der Waals surface area contributed by atoms with E-state index in [0.29, 0.717) is 25.3 Å². The second-order valence-corrected chi connectivity index (χ2v) is 8.79. The smallest absolute Gasteiger partial charge is 0.407 e. The van der Waals surface area contributed by atoms with E-state index in [1.807, 2.05) is 52.1 Å². The number of aromatic nitrogens is 4. The Kier molecular flexibility index (Phi) is 6.94. The van der Waals surface area contributed by atoms with E-state index in [2.05, 4.69) is 30.6 Å². The van der Waals surface area contributed by atoms with Gasteiger partial charge in [0.25, 0.3) is 0 Å². The van der Waals surface area contributed by atoms with Crippen LogP contribution in [0.2, 0.25) is 0 Å². The summed E-state index contributed by atoms with van der Waals surface area (Å²) in [5.74, 6) is 1.40. The Bertz CT molecular complexity index is 985. The summed E-state index contributed by atoms with van der Waals surface area (Å²) >= 11 is 1.64. The van der Waals surface area contributed by atoms with E-state index in [1.54, 1.807) is 23.7 Å². The summed E-state index contributed by atoms with van der Waals surface area (Å²) in [5.41, 5.74) is 1.48. The van der Waals surface area contributed by atoms with E-state index >= 15 is 0 Å². The van der Waals surface area contributed by atoms with E-state index < -0.39 is 11.7 Å². The van der Waals surface area contributed by atoms with E-state index in [9.17, 15) is 4.79 Å². The summed E-state index contributed by atoms with van der Waals surface area (Å²) in [6, 6.07) is 5.85. The molecule has 3 aromatic heterocycles. The normalized spacial score (nSPS) is 11.2. The molecule has 0 saturated heterocycles. The Morgan fingerprint density at radius 1 is 1.17 bits per heavy atom. The molecule has 3 rings (SSSR count). The summed E-state index contributed by atoms with van der Waals surface area (Å²) in [4.78, 5) is 30.3. The van der Waals surface area contributed by atoms with Crippen LogP contribution in [-0.4, -0.2) is 44.7 Å². The van der Waals surface area contributed by atoms with Crippen LogP contribution in [0.4, 0.5) is 10.6 Å². The predicted molar refractivity (Wildman–Crippen MR) is 118 cm³/mol. The molecule has 0 atom stereocenters. The highest BCUT2D eigenvalue weighted by Gasteiger charge is 2.15. The third kappa shape index (κ3) is 6.77. The van der Waals surface area contributed by atoms with Crippen molar-refractivity contribution in [3.05, 3.63) is 53.3 Å². The Balaban J connectivity index is 1.55. The molecule has 0 aromatic carbocycles. The summed E-state index contributed by atoms with van der Waals surface area (Å²) in [6.45, 7) is 8.31. The quantitative estimate of drug-likeness (QED) is 0.554. The molecular formula is C21H26N6O2S. The van der Waals surface area contributed by atoms with Gasteiger partial charge in [0.1, 0.15) is 17.2 Å². The van der Waals surface area contributed by atoms with Crippen LogP contribution in [0.15, 0.2) is 36.8 Å². The molecule has 158 valence electrons. The number of rotatable bonds is 7. The third-order valence-corrected chi connectivity index (χ3v) is 4.89. The van der Waals surface area contributed by atoms with Gasteiger partial charge in [-0.3, -0.25) is 4.98 Å². The molecule has 0 unspecified atom stereocenters. The molecule has 9 heteroatoms. The molecule has 0 aliphatic heterocycles. The fraction of sp³-hybridized carbons (Fsp3) is 0.381. The zero-order valence-corrected chi connectivity index (χ0v) is 18.4. The van der Waals surface area contributed by atoms with Crippen LogP contribution in [-0.2, 0) is 11.2 Å². The molecule has 0 fully saturated rings. The van der Waals surface area contributed by atoms with Gasteiger partial charge in [-0.2, -0.15) is 0 Å². The molecule has 8 nitrogen and oxygen atoms in total. The molecule has 0 bridgehead atoms. The zero-order valence-electron chi connectivity index (χ0n) is 17.6. The fourth-order valence-electron chi connectivity index (χ4n) is 2.68. The van der Waals surface area contributed by atoms with Gasteiger partial charge in [-0.1, -0.05) is 0 Å². The van der Waals surface area contributed by atoms with Crippen molar-refractivity contribution < 1.29 is 9.53 Å². The lowest BCUT2D eigenvalue weighted by Gasteiger charge is -2.19. The molecule has 0 aliphatic rings. The summed E-state index contributed by atoms with van der Waals surface area (Å²) in [7, 11) is 0. The van der Waals surface area contributed by atoms with Crippen molar-refractivity contribution in [2.45, 2.75) is 39.7 Å². The number of carbonyl (C=O) groups excluding carboxylic acids is 1. The van der Waals surface area contributed by atoms with Gasteiger partial charge < -0.3 is 15.4 Å². The van der Waals surface area contributed by atoms with Crippen LogP contribution in [0, 0.1) is 6.92 Å². The molecule has 3 heterocycles. The van der Waals surface area contributed by atoms with Crippen molar-refractivity contribution in [3.8, 4) is 10.4 Å². The topological polar surface area (TPSA) is 102 Å². The number of aryl methyl sites for hydroxylation is 1. The largest absolute Gasteiger partial charge is 0.444 e. The van der Waals surface area contributed by atoms with E-state index in [0.717, 1.165) is 27.0 Å². The highest BCUT2D eigenvalue weighted by atomic mass is 32.1. The lowest BCUT2D eigenvalue weighted by Crippen LogP contribution is -2.35. The molecule has 2 N–H and O–H groups in total. The lowest BCUT2D eigenvalue weighted by molar-refractivity contribution is 0.0530. The van der Waals surface area contributed by atoms with Gasteiger partial charge in [-0.05, 0) is 45.4 Å². The number of nitrogens with one attached hydrogen (secondary N) is 2. The number of hydrogen-bond acceptors (Lipinski definition) is 8. The monoisotopic (exact) mass is 426 g/mol. The summed E-state index contributed by atoms with van der Waals surface area (Å²) in [5, 5.41) is 6.92. The van der Waals surface area contributed by atoms with E-state index in [1.165, 1.54) is 0 Å². The first kappa shape index (κ1) is 21.6. The highest BCUT2D eigenvalue weighted by molar-refractivity contribution is 7.15. The first-order chi connectivity index (χ1) is 14.3. The summed E-state index contributed by atoms with van der Waals surface area (Å²) < 4.78 is 5.22. The lowest BCUT2D eigenvalue weighted by atomic mass is 10.2. The minimum atomic E-state index is -0.511. The Morgan fingerprint density at radius 3 is 2.67 bits per heavy atom. The molecule has 0 spiro atoms. The number of alkyl carbamates (subject to hydrolysis) is 1. The summed E-state index contributed by atoms with van der Waals surface area (Å²) in [6.07, 6.45) is 5.63. The van der Waals surface area contributed by atoms with Crippen molar-refractivity contribution in [2.75, 3.05) is 18.4 Å². The first-order valence-corrected chi connectivity index (χ1v) is 10.5. The second kappa shape index (κ2) is 9.62. The number of nitrogens with zero attached hydrogens (tertiary/aromatic N) is 4. The Hall–Kier alpha value is -3.07. The van der Waals surface area contributed by atoms with Gasteiger partial charge in [0, 0.05) is 44.2 Å². The maximum absolute atomic E-state index is 11.7. The van der Waals surface area contributed by atoms with Crippen molar-refractivity contribution in [1.82, 2.24) is 25.3 Å². The molecule has 1 amide bonds. The number of ether oxygens (including phenoxy) is 1. The Labute approximate surface area is 180 Å². The fourth-order valence-corrected chi connectivity index (χ4v) is 3.62. The standard InChI is InChI=1S/C21H26N6O2S/c1-14-26-16(12-19-25-13-17(30-19)15-5-7-22-8-6-15)11-18(27-14)23-9-10-24-20(28)29-21(2,3)4/h5-8,11,13H,9-10,12H2,1-4H3,(H,24,28)(H,23,26,27). The van der Waals surface area contributed by atoms with E-state index in [4.69, 9.17) is 4.74 Å².